The van der Waals surface area contributed by atoms with Gasteiger partial charge in [-0.1, -0.05) is 0 Å². The zero-order valence-corrected chi connectivity index (χ0v) is 7.05. The van der Waals surface area contributed by atoms with Gasteiger partial charge in [0.15, 0.2) is 0 Å². The molecule has 0 aliphatic carbocycles. The summed E-state index contributed by atoms with van der Waals surface area (Å²) in [5.74, 6) is 0. The molecule has 1 heteroatoms. The van der Waals surface area contributed by atoms with Crippen LogP contribution in [0.5, 0.6) is 0 Å². The minimum Gasteiger partial charge on any atom is -0.346 e. The fourth-order valence-corrected chi connectivity index (χ4v) is 0. The zero-order valence-electron chi connectivity index (χ0n) is 3.91. The van der Waals surface area contributed by atoms with Gasteiger partial charge in [0.25, 0.3) is 0 Å². The summed E-state index contributed by atoms with van der Waals surface area (Å²) < 4.78 is 0. The van der Waals surface area contributed by atoms with Crippen LogP contribution in [0, 0.1) is 55.6 Å². The van der Waals surface area contributed by atoms with Crippen LogP contribution in [0.3, 0.4) is 0 Å². The third kappa shape index (κ3) is 32.3. The maximum absolute atomic E-state index is 3.25. The molecule has 0 amide bonds. The third-order valence-corrected chi connectivity index (χ3v) is 0. The maximum atomic E-state index is 3.25. The van der Waals surface area contributed by atoms with Gasteiger partial charge < -0.3 is 13.8 Å². The molecular formula is C4H10Ce-2. The van der Waals surface area contributed by atoms with E-state index < -0.39 is 0 Å². The van der Waals surface area contributed by atoms with Crippen LogP contribution in [0.25, 0.3) is 0 Å². The van der Waals surface area contributed by atoms with Crippen LogP contribution in [0.2, 0.25) is 0 Å². The molecule has 0 spiro atoms. The van der Waals surface area contributed by atoms with Gasteiger partial charge >= 0.3 is 0 Å². The van der Waals surface area contributed by atoms with Crippen LogP contribution in [0.4, 0.5) is 0 Å². The van der Waals surface area contributed by atoms with E-state index in [1.54, 1.807) is 13.8 Å². The van der Waals surface area contributed by atoms with Gasteiger partial charge in [-0.15, -0.1) is 0 Å². The normalized spacial score (nSPS) is 2.40. The number of rotatable bonds is 0. The molecule has 0 aromatic rings. The molecular weight excluding hydrogens is 188 g/mol. The molecule has 0 unspecified atom stereocenters. The second-order valence-electron chi connectivity index (χ2n) is 0. The van der Waals surface area contributed by atoms with E-state index in [2.05, 4.69) is 13.8 Å². The fraction of sp³-hybridized carbons (Fsp3) is 0.500. The molecule has 0 aromatic heterocycles. The van der Waals surface area contributed by atoms with Gasteiger partial charge in [0, 0.05) is 41.7 Å². The van der Waals surface area contributed by atoms with E-state index >= 15 is 0 Å². The van der Waals surface area contributed by atoms with Crippen molar-refractivity contribution in [2.75, 3.05) is 0 Å². The second kappa shape index (κ2) is 54.3. The van der Waals surface area contributed by atoms with Gasteiger partial charge in [-0.05, 0) is 0 Å². The van der Waals surface area contributed by atoms with Gasteiger partial charge in [-0.25, -0.2) is 0 Å². The van der Waals surface area contributed by atoms with Crippen LogP contribution in [0.15, 0.2) is 0 Å². The van der Waals surface area contributed by atoms with Crippen LogP contribution >= 0.6 is 0 Å². The Morgan fingerprint density at radius 1 is 0.800 bits per heavy atom. The summed E-state index contributed by atoms with van der Waals surface area (Å²) in [5, 5.41) is 0. The molecule has 0 rings (SSSR count). The molecule has 0 heterocycles. The first-order valence-electron chi connectivity index (χ1n) is 1.41. The van der Waals surface area contributed by atoms with Crippen molar-refractivity contribution in [1.29, 1.82) is 0 Å². The largest absolute Gasteiger partial charge is 0.346 e. The Morgan fingerprint density at radius 3 is 0.800 bits per heavy atom. The molecule has 0 aromatic carbocycles. The van der Waals surface area contributed by atoms with Crippen LogP contribution in [0.1, 0.15) is 13.8 Å². The SMILES string of the molecule is [CH2-]C.[CH2-]C.[Ce]. The van der Waals surface area contributed by atoms with Gasteiger partial charge in [-0.2, -0.15) is 13.8 Å². The summed E-state index contributed by atoms with van der Waals surface area (Å²) >= 11 is 0. The zero-order chi connectivity index (χ0) is 4.00. The molecule has 0 N–H and O–H groups in total. The van der Waals surface area contributed by atoms with Crippen LogP contribution < -0.4 is 0 Å². The summed E-state index contributed by atoms with van der Waals surface area (Å²) in [6, 6.07) is 0. The maximum Gasteiger partial charge on any atom is 0 e. The summed E-state index contributed by atoms with van der Waals surface area (Å²) in [6.45, 7) is 10.0. The molecule has 0 saturated heterocycles. The quantitative estimate of drug-likeness (QED) is 0.519. The minimum atomic E-state index is 0. The van der Waals surface area contributed by atoms with Gasteiger partial charge in [0.2, 0.25) is 0 Å². The number of hydrogen-bond donors (Lipinski definition) is 0. The predicted octanol–water partition coefficient (Wildman–Crippen LogP) is 1.68. The predicted molar refractivity (Wildman–Crippen MR) is 22.1 cm³/mol. The monoisotopic (exact) mass is 198 g/mol. The van der Waals surface area contributed by atoms with Gasteiger partial charge in [-0.3, -0.25) is 0 Å². The summed E-state index contributed by atoms with van der Waals surface area (Å²) in [7, 11) is 0. The Labute approximate surface area is 68.7 Å². The van der Waals surface area contributed by atoms with E-state index in [1.807, 2.05) is 0 Å². The Morgan fingerprint density at radius 2 is 0.800 bits per heavy atom. The van der Waals surface area contributed by atoms with Gasteiger partial charge in [0.1, 0.15) is 0 Å². The Kier molecular flexibility index (Phi) is 176. The molecule has 0 atom stereocenters. The summed E-state index contributed by atoms with van der Waals surface area (Å²) in [4.78, 5) is 0. The average molecular weight is 198 g/mol. The Bertz CT molecular complexity index is 3.61. The first kappa shape index (κ1) is 16.2. The molecule has 5 heavy (non-hydrogen) atoms. The van der Waals surface area contributed by atoms with Gasteiger partial charge in [0.05, 0.1) is 0 Å². The second-order valence-corrected chi connectivity index (χ2v) is 0. The van der Waals surface area contributed by atoms with E-state index in [1.165, 1.54) is 0 Å². The molecule has 0 saturated carbocycles. The molecule has 0 nitrogen and oxygen atoms in total. The van der Waals surface area contributed by atoms with Crippen molar-refractivity contribution in [3.05, 3.63) is 13.8 Å². The van der Waals surface area contributed by atoms with Crippen molar-refractivity contribution in [3.63, 3.8) is 0 Å². The minimum absolute atomic E-state index is 0. The van der Waals surface area contributed by atoms with Crippen molar-refractivity contribution >= 4 is 0 Å². The van der Waals surface area contributed by atoms with Crippen molar-refractivity contribution in [1.82, 2.24) is 0 Å². The Hall–Kier alpha value is 1.38. The molecule has 0 aliphatic heterocycles. The average Bonchev–Trinajstić information content (AvgIpc) is 1.50. The topological polar surface area (TPSA) is 0 Å². The first-order valence-corrected chi connectivity index (χ1v) is 1.41. The van der Waals surface area contributed by atoms with Crippen LogP contribution in [-0.4, -0.2) is 0 Å². The van der Waals surface area contributed by atoms with Crippen molar-refractivity contribution in [2.45, 2.75) is 13.8 Å². The molecule has 32 valence electrons. The molecule has 0 fully saturated rings. The molecule has 0 radical (unpaired) electrons. The fourth-order valence-electron chi connectivity index (χ4n) is 0. The van der Waals surface area contributed by atoms with Crippen molar-refractivity contribution in [2.24, 2.45) is 0 Å². The van der Waals surface area contributed by atoms with E-state index in [-0.39, 0.29) is 41.7 Å². The number of hydrogen-bond acceptors (Lipinski definition) is 0. The van der Waals surface area contributed by atoms with Crippen molar-refractivity contribution < 1.29 is 41.7 Å². The third-order valence-electron chi connectivity index (χ3n) is 0. The summed E-state index contributed by atoms with van der Waals surface area (Å²) in [6.07, 6.45) is 0. The Balaban J connectivity index is -0.0000000133. The van der Waals surface area contributed by atoms with E-state index in [0.717, 1.165) is 0 Å². The molecule has 0 bridgehead atoms. The van der Waals surface area contributed by atoms with E-state index in [0.29, 0.717) is 0 Å². The molecule has 0 aliphatic rings. The smallest absolute Gasteiger partial charge is 0 e. The van der Waals surface area contributed by atoms with Crippen molar-refractivity contribution in [3.8, 4) is 0 Å². The van der Waals surface area contributed by atoms with E-state index in [4.69, 9.17) is 0 Å². The van der Waals surface area contributed by atoms with E-state index in [9.17, 15) is 0 Å². The standard InChI is InChI=1S/2C2H5.Ce/c2*1-2;/h2*1H2,2H3;/q2*-1;. The van der Waals surface area contributed by atoms with Crippen LogP contribution in [-0.2, 0) is 0 Å². The first-order chi connectivity index (χ1) is 2.00. The summed E-state index contributed by atoms with van der Waals surface area (Å²) in [5.41, 5.74) is 0.